The Labute approximate surface area is 151 Å². The van der Waals surface area contributed by atoms with Crippen LogP contribution in [0.5, 0.6) is 0 Å². The molecule has 1 aromatic heterocycles. The summed E-state index contributed by atoms with van der Waals surface area (Å²) in [6.45, 7) is 0.661. The monoisotopic (exact) mass is 340 g/mol. The summed E-state index contributed by atoms with van der Waals surface area (Å²) in [5.41, 5.74) is 12.0. The summed E-state index contributed by atoms with van der Waals surface area (Å²) in [7, 11) is 0. The predicted octanol–water partition coefficient (Wildman–Crippen LogP) is 3.47. The van der Waals surface area contributed by atoms with E-state index in [9.17, 15) is 0 Å². The Morgan fingerprint density at radius 1 is 1.19 bits per heavy atom. The SMILES string of the molecule is N#CCc1cccc(-c2cc(Nc3ccnc(N)n3)cc3c2CN=C3)c1. The van der Waals surface area contributed by atoms with Gasteiger partial charge < -0.3 is 11.1 Å². The van der Waals surface area contributed by atoms with Gasteiger partial charge in [0.25, 0.3) is 0 Å². The summed E-state index contributed by atoms with van der Waals surface area (Å²) in [4.78, 5) is 12.5. The fourth-order valence-corrected chi connectivity index (χ4v) is 3.08. The predicted molar refractivity (Wildman–Crippen MR) is 102 cm³/mol. The van der Waals surface area contributed by atoms with Crippen molar-refractivity contribution in [3.63, 3.8) is 0 Å². The van der Waals surface area contributed by atoms with Crippen molar-refractivity contribution in [3.05, 3.63) is 65.4 Å². The van der Waals surface area contributed by atoms with Crippen LogP contribution in [0.3, 0.4) is 0 Å². The van der Waals surface area contributed by atoms with E-state index in [1.165, 1.54) is 5.56 Å². The second-order valence-electron chi connectivity index (χ2n) is 6.02. The molecule has 2 aromatic carbocycles. The fraction of sp³-hybridized carbons (Fsp3) is 0.100. The molecule has 26 heavy (non-hydrogen) atoms. The maximum atomic E-state index is 8.96. The Kier molecular flexibility index (Phi) is 4.04. The molecule has 6 heteroatoms. The molecular formula is C20H16N6. The second-order valence-corrected chi connectivity index (χ2v) is 6.02. The Bertz CT molecular complexity index is 1050. The van der Waals surface area contributed by atoms with Crippen LogP contribution in [0.2, 0.25) is 0 Å². The first kappa shape index (κ1) is 15.8. The lowest BCUT2D eigenvalue weighted by Crippen LogP contribution is -2.00. The maximum Gasteiger partial charge on any atom is 0.221 e. The quantitative estimate of drug-likeness (QED) is 0.757. The van der Waals surface area contributed by atoms with Crippen LogP contribution in [0.25, 0.3) is 11.1 Å². The number of nitrogens with one attached hydrogen (secondary N) is 1. The zero-order valence-corrected chi connectivity index (χ0v) is 14.0. The molecule has 0 atom stereocenters. The van der Waals surface area contributed by atoms with Crippen molar-refractivity contribution in [2.45, 2.75) is 13.0 Å². The molecule has 126 valence electrons. The first-order valence-electron chi connectivity index (χ1n) is 8.21. The first-order chi connectivity index (χ1) is 12.7. The highest BCUT2D eigenvalue weighted by Crippen LogP contribution is 2.33. The first-order valence-corrected chi connectivity index (χ1v) is 8.21. The van der Waals surface area contributed by atoms with Crippen LogP contribution in [0, 0.1) is 11.3 Å². The number of nitriles is 1. The Balaban J connectivity index is 1.77. The van der Waals surface area contributed by atoms with E-state index < -0.39 is 0 Å². The fourth-order valence-electron chi connectivity index (χ4n) is 3.08. The Hall–Kier alpha value is -3.72. The summed E-state index contributed by atoms with van der Waals surface area (Å²) in [6, 6.07) is 16.2. The number of fused-ring (bicyclic) bond motifs is 1. The van der Waals surface area contributed by atoms with Crippen LogP contribution in [-0.4, -0.2) is 16.2 Å². The summed E-state index contributed by atoms with van der Waals surface area (Å²) in [6.07, 6.45) is 3.90. The molecule has 0 unspecified atom stereocenters. The van der Waals surface area contributed by atoms with Gasteiger partial charge in [0.15, 0.2) is 0 Å². The van der Waals surface area contributed by atoms with Gasteiger partial charge in [-0.3, -0.25) is 4.99 Å². The van der Waals surface area contributed by atoms with Gasteiger partial charge in [-0.05, 0) is 40.5 Å². The van der Waals surface area contributed by atoms with Crippen molar-refractivity contribution in [2.75, 3.05) is 11.1 Å². The molecule has 0 saturated carbocycles. The molecule has 0 spiro atoms. The Morgan fingerprint density at radius 3 is 2.96 bits per heavy atom. The van der Waals surface area contributed by atoms with Crippen molar-refractivity contribution in [1.82, 2.24) is 9.97 Å². The van der Waals surface area contributed by atoms with E-state index in [1.54, 1.807) is 12.3 Å². The summed E-state index contributed by atoms with van der Waals surface area (Å²) >= 11 is 0. The number of nitrogen functional groups attached to an aromatic ring is 1. The minimum atomic E-state index is 0.224. The van der Waals surface area contributed by atoms with Gasteiger partial charge in [0.05, 0.1) is 19.0 Å². The standard InChI is InChI=1S/C20H16N6/c21-6-4-13-2-1-3-14(8-13)17-10-16(9-15-11-23-12-18(15)17)25-19-5-7-24-20(22)26-19/h1-3,5,7-11H,4,12H2,(H3,22,24,25,26). The average molecular weight is 340 g/mol. The highest BCUT2D eigenvalue weighted by atomic mass is 15.1. The van der Waals surface area contributed by atoms with Crippen LogP contribution in [0.1, 0.15) is 16.7 Å². The topological polar surface area (TPSA) is 100.0 Å². The molecule has 2 heterocycles. The van der Waals surface area contributed by atoms with Crippen molar-refractivity contribution in [2.24, 2.45) is 4.99 Å². The molecule has 1 aliphatic heterocycles. The molecule has 3 N–H and O–H groups in total. The second kappa shape index (κ2) is 6.65. The number of rotatable bonds is 4. The molecule has 0 bridgehead atoms. The van der Waals surface area contributed by atoms with Crippen molar-refractivity contribution < 1.29 is 0 Å². The number of benzene rings is 2. The minimum absolute atomic E-state index is 0.224. The van der Waals surface area contributed by atoms with Gasteiger partial charge in [-0.25, -0.2) is 4.98 Å². The van der Waals surface area contributed by atoms with E-state index in [-0.39, 0.29) is 5.95 Å². The third kappa shape index (κ3) is 3.10. The lowest BCUT2D eigenvalue weighted by Gasteiger charge is -2.13. The summed E-state index contributed by atoms with van der Waals surface area (Å²) in [5, 5.41) is 12.2. The number of aliphatic imine (C=N–C) groups is 1. The number of hydrogen-bond donors (Lipinski definition) is 2. The number of nitrogens with two attached hydrogens (primary N) is 1. The summed E-state index contributed by atoms with van der Waals surface area (Å²) in [5.74, 6) is 0.860. The minimum Gasteiger partial charge on any atom is -0.368 e. The number of hydrogen-bond acceptors (Lipinski definition) is 6. The number of aromatic nitrogens is 2. The van der Waals surface area contributed by atoms with Gasteiger partial charge in [-0.2, -0.15) is 10.2 Å². The maximum absolute atomic E-state index is 8.96. The van der Waals surface area contributed by atoms with Gasteiger partial charge in [-0.1, -0.05) is 24.3 Å². The van der Waals surface area contributed by atoms with Gasteiger partial charge in [0, 0.05) is 23.7 Å². The zero-order valence-electron chi connectivity index (χ0n) is 14.0. The van der Waals surface area contributed by atoms with Gasteiger partial charge in [0.1, 0.15) is 5.82 Å². The van der Waals surface area contributed by atoms with Crippen LogP contribution >= 0.6 is 0 Å². The highest BCUT2D eigenvalue weighted by Gasteiger charge is 2.15. The van der Waals surface area contributed by atoms with Crippen LogP contribution in [0.4, 0.5) is 17.5 Å². The van der Waals surface area contributed by atoms with Crippen LogP contribution in [0.15, 0.2) is 53.7 Å². The molecule has 0 saturated heterocycles. The molecule has 0 amide bonds. The highest BCUT2D eigenvalue weighted by molar-refractivity contribution is 5.91. The molecular weight excluding hydrogens is 324 g/mol. The van der Waals surface area contributed by atoms with Crippen LogP contribution in [-0.2, 0) is 13.0 Å². The van der Waals surface area contributed by atoms with E-state index >= 15 is 0 Å². The lowest BCUT2D eigenvalue weighted by atomic mass is 9.94. The molecule has 0 radical (unpaired) electrons. The van der Waals surface area contributed by atoms with E-state index in [4.69, 9.17) is 11.0 Å². The van der Waals surface area contributed by atoms with Gasteiger partial charge >= 0.3 is 0 Å². The normalized spacial score (nSPS) is 11.8. The smallest absolute Gasteiger partial charge is 0.221 e. The number of nitrogens with zero attached hydrogens (tertiary/aromatic N) is 4. The largest absolute Gasteiger partial charge is 0.368 e. The van der Waals surface area contributed by atoms with E-state index in [2.05, 4.69) is 44.5 Å². The third-order valence-corrected chi connectivity index (χ3v) is 4.23. The third-order valence-electron chi connectivity index (χ3n) is 4.23. The molecule has 4 rings (SSSR count). The Morgan fingerprint density at radius 2 is 2.12 bits per heavy atom. The average Bonchev–Trinajstić information content (AvgIpc) is 3.10. The zero-order chi connectivity index (χ0) is 17.9. The molecule has 0 fully saturated rings. The molecule has 1 aliphatic rings. The van der Waals surface area contributed by atoms with E-state index in [0.29, 0.717) is 18.8 Å². The van der Waals surface area contributed by atoms with Crippen molar-refractivity contribution in [1.29, 1.82) is 5.26 Å². The van der Waals surface area contributed by atoms with E-state index in [0.717, 1.165) is 27.9 Å². The lowest BCUT2D eigenvalue weighted by molar-refractivity contribution is 1.11. The van der Waals surface area contributed by atoms with Gasteiger partial charge in [0.2, 0.25) is 5.95 Å². The van der Waals surface area contributed by atoms with E-state index in [1.807, 2.05) is 24.4 Å². The summed E-state index contributed by atoms with van der Waals surface area (Å²) < 4.78 is 0. The molecule has 3 aromatic rings. The van der Waals surface area contributed by atoms with Crippen molar-refractivity contribution >= 4 is 23.7 Å². The molecule has 6 nitrogen and oxygen atoms in total. The molecule has 0 aliphatic carbocycles. The van der Waals surface area contributed by atoms with Gasteiger partial charge in [-0.15, -0.1) is 0 Å². The number of anilines is 3. The van der Waals surface area contributed by atoms with Crippen LogP contribution < -0.4 is 11.1 Å². The van der Waals surface area contributed by atoms with Crippen molar-refractivity contribution in [3.8, 4) is 17.2 Å².